The Balaban J connectivity index is 1.95. The molecule has 0 unspecified atom stereocenters. The minimum Gasteiger partial charge on any atom is -0.381 e. The lowest BCUT2D eigenvalue weighted by Gasteiger charge is -2.37. The fraction of sp³-hybridized carbons (Fsp3) is 0.438. The van der Waals surface area contributed by atoms with Gasteiger partial charge in [0, 0.05) is 24.5 Å². The average Bonchev–Trinajstić information content (AvgIpc) is 2.49. The zero-order valence-electron chi connectivity index (χ0n) is 11.7. The van der Waals surface area contributed by atoms with Gasteiger partial charge in [-0.05, 0) is 37.5 Å². The summed E-state index contributed by atoms with van der Waals surface area (Å²) in [5, 5.41) is 4.75. The van der Waals surface area contributed by atoms with Crippen LogP contribution in [0.15, 0.2) is 30.3 Å². The predicted octanol–water partition coefficient (Wildman–Crippen LogP) is 3.74. The van der Waals surface area contributed by atoms with Gasteiger partial charge in [-0.2, -0.15) is 0 Å². The predicted molar refractivity (Wildman–Crippen MR) is 83.6 cm³/mol. The van der Waals surface area contributed by atoms with Gasteiger partial charge in [-0.25, -0.2) is 4.98 Å². The number of rotatable bonds is 3. The molecule has 106 valence electrons. The first-order valence-electron chi connectivity index (χ1n) is 7.01. The number of anilines is 1. The van der Waals surface area contributed by atoms with Crippen LogP contribution >= 0.6 is 11.6 Å². The van der Waals surface area contributed by atoms with E-state index in [1.807, 2.05) is 18.2 Å². The van der Waals surface area contributed by atoms with Gasteiger partial charge in [0.05, 0.1) is 11.1 Å². The van der Waals surface area contributed by atoms with Gasteiger partial charge in [0.25, 0.3) is 0 Å². The minimum absolute atomic E-state index is 0.0972. The van der Waals surface area contributed by atoms with Gasteiger partial charge >= 0.3 is 0 Å². The van der Waals surface area contributed by atoms with Crippen molar-refractivity contribution >= 4 is 28.3 Å². The lowest BCUT2D eigenvalue weighted by atomic mass is 9.92. The van der Waals surface area contributed by atoms with E-state index in [0.29, 0.717) is 5.88 Å². The number of nitrogens with one attached hydrogen (secondary N) is 1. The highest BCUT2D eigenvalue weighted by molar-refractivity contribution is 6.18. The molecule has 1 N–H and O–H groups in total. The molecule has 0 spiro atoms. The van der Waals surface area contributed by atoms with Gasteiger partial charge in [-0.1, -0.05) is 18.2 Å². The SMILES string of the molecule is Cc1cc2ccccc2nc1NC1(CCl)CCOCC1. The topological polar surface area (TPSA) is 34.2 Å². The van der Waals surface area contributed by atoms with E-state index in [0.717, 1.165) is 43.0 Å². The highest BCUT2D eigenvalue weighted by Crippen LogP contribution is 2.29. The summed E-state index contributed by atoms with van der Waals surface area (Å²) < 4.78 is 5.45. The number of aryl methyl sites for hydroxylation is 1. The molecule has 2 aromatic rings. The Kier molecular flexibility index (Phi) is 3.81. The summed E-state index contributed by atoms with van der Waals surface area (Å²) >= 11 is 6.21. The van der Waals surface area contributed by atoms with Crippen LogP contribution in [0.25, 0.3) is 10.9 Å². The highest BCUT2D eigenvalue weighted by atomic mass is 35.5. The molecular weight excluding hydrogens is 272 g/mol. The first-order chi connectivity index (χ1) is 9.72. The van der Waals surface area contributed by atoms with E-state index >= 15 is 0 Å². The summed E-state index contributed by atoms with van der Waals surface area (Å²) in [7, 11) is 0. The van der Waals surface area contributed by atoms with Gasteiger partial charge in [0.1, 0.15) is 5.82 Å². The molecule has 0 saturated carbocycles. The summed E-state index contributed by atoms with van der Waals surface area (Å²) in [4.78, 5) is 4.75. The maximum Gasteiger partial charge on any atom is 0.130 e. The van der Waals surface area contributed by atoms with Crippen molar-refractivity contribution in [3.63, 3.8) is 0 Å². The number of aromatic nitrogens is 1. The van der Waals surface area contributed by atoms with Crippen molar-refractivity contribution in [2.24, 2.45) is 0 Å². The second-order valence-electron chi connectivity index (χ2n) is 5.50. The molecule has 1 fully saturated rings. The molecule has 0 radical (unpaired) electrons. The number of ether oxygens (including phenoxy) is 1. The molecule has 1 saturated heterocycles. The summed E-state index contributed by atoms with van der Waals surface area (Å²) in [6.07, 6.45) is 1.84. The number of nitrogens with zero attached hydrogens (tertiary/aromatic N) is 1. The molecule has 0 atom stereocenters. The fourth-order valence-corrected chi connectivity index (χ4v) is 2.99. The lowest BCUT2D eigenvalue weighted by Crippen LogP contribution is -2.45. The minimum atomic E-state index is -0.0972. The van der Waals surface area contributed by atoms with Crippen molar-refractivity contribution < 1.29 is 4.74 Å². The Hall–Kier alpha value is -1.32. The normalized spacial score (nSPS) is 18.1. The third-order valence-electron chi connectivity index (χ3n) is 4.00. The lowest BCUT2D eigenvalue weighted by molar-refractivity contribution is 0.0666. The molecule has 4 heteroatoms. The van der Waals surface area contributed by atoms with Gasteiger partial charge < -0.3 is 10.1 Å². The maximum atomic E-state index is 6.21. The van der Waals surface area contributed by atoms with E-state index in [-0.39, 0.29) is 5.54 Å². The Bertz CT molecular complexity index is 608. The number of alkyl halides is 1. The van der Waals surface area contributed by atoms with E-state index in [2.05, 4.69) is 24.4 Å². The van der Waals surface area contributed by atoms with Gasteiger partial charge in [-0.3, -0.25) is 0 Å². The van der Waals surface area contributed by atoms with Crippen LogP contribution in [0.4, 0.5) is 5.82 Å². The fourth-order valence-electron chi connectivity index (χ4n) is 2.65. The number of hydrogen-bond donors (Lipinski definition) is 1. The van der Waals surface area contributed by atoms with Crippen LogP contribution in [-0.4, -0.2) is 29.6 Å². The number of hydrogen-bond acceptors (Lipinski definition) is 3. The summed E-state index contributed by atoms with van der Waals surface area (Å²) in [5.41, 5.74) is 2.07. The molecule has 1 aromatic carbocycles. The van der Waals surface area contributed by atoms with E-state index in [9.17, 15) is 0 Å². The van der Waals surface area contributed by atoms with Crippen LogP contribution in [0.2, 0.25) is 0 Å². The zero-order chi connectivity index (χ0) is 14.0. The molecular formula is C16H19ClN2O. The van der Waals surface area contributed by atoms with E-state index in [4.69, 9.17) is 21.3 Å². The number of halogens is 1. The van der Waals surface area contributed by atoms with Crippen molar-refractivity contribution in [2.75, 3.05) is 24.4 Å². The van der Waals surface area contributed by atoms with E-state index in [1.165, 1.54) is 5.39 Å². The van der Waals surface area contributed by atoms with Crippen molar-refractivity contribution in [3.8, 4) is 0 Å². The molecule has 20 heavy (non-hydrogen) atoms. The summed E-state index contributed by atoms with van der Waals surface area (Å²) in [5.74, 6) is 1.51. The van der Waals surface area contributed by atoms with Crippen LogP contribution in [0.1, 0.15) is 18.4 Å². The Labute approximate surface area is 124 Å². The van der Waals surface area contributed by atoms with Gasteiger partial charge in [-0.15, -0.1) is 11.6 Å². The van der Waals surface area contributed by atoms with Gasteiger partial charge in [0.2, 0.25) is 0 Å². The molecule has 0 bridgehead atoms. The third-order valence-corrected chi connectivity index (χ3v) is 4.52. The number of benzene rings is 1. The first kappa shape index (κ1) is 13.7. The summed E-state index contributed by atoms with van der Waals surface area (Å²) in [6.45, 7) is 3.60. The second-order valence-corrected chi connectivity index (χ2v) is 5.77. The Morgan fingerprint density at radius 3 is 2.80 bits per heavy atom. The van der Waals surface area contributed by atoms with E-state index in [1.54, 1.807) is 0 Å². The smallest absolute Gasteiger partial charge is 0.130 e. The molecule has 3 rings (SSSR count). The van der Waals surface area contributed by atoms with Crippen LogP contribution in [0.3, 0.4) is 0 Å². The molecule has 2 heterocycles. The average molecular weight is 291 g/mol. The summed E-state index contributed by atoms with van der Waals surface area (Å²) in [6, 6.07) is 10.4. The monoisotopic (exact) mass is 290 g/mol. The largest absolute Gasteiger partial charge is 0.381 e. The van der Waals surface area contributed by atoms with Gasteiger partial charge in [0.15, 0.2) is 0 Å². The molecule has 1 aromatic heterocycles. The Morgan fingerprint density at radius 1 is 1.30 bits per heavy atom. The second kappa shape index (κ2) is 5.58. The van der Waals surface area contributed by atoms with E-state index < -0.39 is 0 Å². The molecule has 1 aliphatic rings. The molecule has 0 aliphatic carbocycles. The molecule has 3 nitrogen and oxygen atoms in total. The zero-order valence-corrected chi connectivity index (χ0v) is 12.4. The number of para-hydroxylation sites is 1. The van der Waals surface area contributed by atoms with Crippen LogP contribution in [0.5, 0.6) is 0 Å². The van der Waals surface area contributed by atoms with Crippen LogP contribution < -0.4 is 5.32 Å². The van der Waals surface area contributed by atoms with Crippen LogP contribution in [0, 0.1) is 6.92 Å². The standard InChI is InChI=1S/C16H19ClN2O/c1-12-10-13-4-2-3-5-14(13)18-15(12)19-16(11-17)6-8-20-9-7-16/h2-5,10H,6-9,11H2,1H3,(H,18,19). The number of fused-ring (bicyclic) bond motifs is 1. The maximum absolute atomic E-state index is 6.21. The molecule has 1 aliphatic heterocycles. The number of pyridine rings is 1. The molecule has 0 amide bonds. The highest BCUT2D eigenvalue weighted by Gasteiger charge is 2.32. The van der Waals surface area contributed by atoms with Crippen molar-refractivity contribution in [3.05, 3.63) is 35.9 Å². The van der Waals surface area contributed by atoms with Crippen LogP contribution in [-0.2, 0) is 4.74 Å². The van der Waals surface area contributed by atoms with Crippen molar-refractivity contribution in [1.29, 1.82) is 0 Å². The third kappa shape index (κ3) is 2.60. The quantitative estimate of drug-likeness (QED) is 0.874. The van der Waals surface area contributed by atoms with Crippen molar-refractivity contribution in [2.45, 2.75) is 25.3 Å². The first-order valence-corrected chi connectivity index (χ1v) is 7.54. The Morgan fingerprint density at radius 2 is 2.05 bits per heavy atom. The van der Waals surface area contributed by atoms with Crippen molar-refractivity contribution in [1.82, 2.24) is 4.98 Å².